The first-order chi connectivity index (χ1) is 9.60. The van der Waals surface area contributed by atoms with Crippen LogP contribution >= 0.6 is 0 Å². The lowest BCUT2D eigenvalue weighted by atomic mass is 10.3. The number of hydrogen-bond acceptors (Lipinski definition) is 5. The number of hydrogen-bond donors (Lipinski definition) is 1. The molecule has 0 bridgehead atoms. The maximum atomic E-state index is 6.04. The number of nitrogen functional groups attached to an aromatic ring is 1. The second kappa shape index (κ2) is 4.59. The van der Waals surface area contributed by atoms with Crippen molar-refractivity contribution in [1.29, 1.82) is 0 Å². The highest BCUT2D eigenvalue weighted by atomic mass is 15.3. The molecule has 3 aromatic heterocycles. The maximum Gasteiger partial charge on any atom is 0.202 e. The Labute approximate surface area is 116 Å². The Morgan fingerprint density at radius 2 is 2.10 bits per heavy atom. The fourth-order valence-electron chi connectivity index (χ4n) is 2.41. The van der Waals surface area contributed by atoms with Gasteiger partial charge in [0.2, 0.25) is 5.95 Å². The molecule has 20 heavy (non-hydrogen) atoms. The molecule has 3 aromatic rings. The van der Waals surface area contributed by atoms with Gasteiger partial charge in [-0.15, -0.1) is 0 Å². The molecule has 0 saturated heterocycles. The minimum atomic E-state index is 0.485. The van der Waals surface area contributed by atoms with E-state index in [1.165, 1.54) is 0 Å². The Kier molecular flexibility index (Phi) is 2.89. The van der Waals surface area contributed by atoms with Crippen molar-refractivity contribution in [2.45, 2.75) is 26.8 Å². The molecule has 0 radical (unpaired) electrons. The van der Waals surface area contributed by atoms with Crippen molar-refractivity contribution in [1.82, 2.24) is 29.3 Å². The van der Waals surface area contributed by atoms with Crippen LogP contribution in [0.5, 0.6) is 0 Å². The quantitative estimate of drug-likeness (QED) is 0.769. The molecule has 0 unspecified atom stereocenters. The number of nitrogens with zero attached hydrogens (tertiary/aromatic N) is 6. The summed E-state index contributed by atoms with van der Waals surface area (Å²) in [6.45, 7) is 4.49. The van der Waals surface area contributed by atoms with E-state index in [2.05, 4.69) is 27.0 Å². The van der Waals surface area contributed by atoms with Crippen molar-refractivity contribution < 1.29 is 0 Å². The second-order valence-corrected chi connectivity index (χ2v) is 4.75. The molecular formula is C13H17N7. The van der Waals surface area contributed by atoms with Gasteiger partial charge < -0.3 is 5.73 Å². The van der Waals surface area contributed by atoms with Crippen LogP contribution in [-0.2, 0) is 20.0 Å². The van der Waals surface area contributed by atoms with Crippen LogP contribution in [0.15, 0.2) is 12.3 Å². The molecule has 3 rings (SSSR count). The number of aryl methyl sites for hydroxylation is 3. The van der Waals surface area contributed by atoms with E-state index < -0.39 is 0 Å². The normalized spacial score (nSPS) is 11.3. The van der Waals surface area contributed by atoms with Crippen molar-refractivity contribution in [3.63, 3.8) is 0 Å². The third kappa shape index (κ3) is 1.91. The molecule has 0 saturated carbocycles. The highest BCUT2D eigenvalue weighted by molar-refractivity contribution is 5.77. The fraction of sp³-hybridized carbons (Fsp3) is 0.385. The summed E-state index contributed by atoms with van der Waals surface area (Å²) in [6, 6.07) is 1.88. The van der Waals surface area contributed by atoms with Gasteiger partial charge in [0.05, 0.1) is 17.9 Å². The molecule has 7 nitrogen and oxygen atoms in total. The van der Waals surface area contributed by atoms with Crippen molar-refractivity contribution in [2.24, 2.45) is 7.05 Å². The van der Waals surface area contributed by atoms with E-state index in [1.54, 1.807) is 6.20 Å². The lowest BCUT2D eigenvalue weighted by Crippen LogP contribution is -2.09. The molecule has 0 aliphatic carbocycles. The first-order valence-corrected chi connectivity index (χ1v) is 6.56. The van der Waals surface area contributed by atoms with Gasteiger partial charge >= 0.3 is 0 Å². The van der Waals surface area contributed by atoms with Crippen LogP contribution < -0.4 is 5.73 Å². The van der Waals surface area contributed by atoms with Crippen LogP contribution in [0.3, 0.4) is 0 Å². The molecule has 104 valence electrons. The monoisotopic (exact) mass is 271 g/mol. The smallest absolute Gasteiger partial charge is 0.202 e. The number of nitrogens with two attached hydrogens (primary N) is 1. The van der Waals surface area contributed by atoms with Crippen LogP contribution in [-0.4, -0.2) is 29.3 Å². The third-order valence-electron chi connectivity index (χ3n) is 3.31. The zero-order valence-corrected chi connectivity index (χ0v) is 11.8. The Morgan fingerprint density at radius 1 is 1.30 bits per heavy atom. The summed E-state index contributed by atoms with van der Waals surface area (Å²) in [6.07, 6.45) is 2.59. The lowest BCUT2D eigenvalue weighted by Gasteiger charge is -2.06. The van der Waals surface area contributed by atoms with Crippen molar-refractivity contribution in [3.05, 3.63) is 29.5 Å². The van der Waals surface area contributed by atoms with Gasteiger partial charge in [0.1, 0.15) is 11.3 Å². The average molecular weight is 271 g/mol. The zero-order valence-electron chi connectivity index (χ0n) is 11.8. The van der Waals surface area contributed by atoms with Gasteiger partial charge in [0, 0.05) is 13.2 Å². The second-order valence-electron chi connectivity index (χ2n) is 4.75. The molecular weight excluding hydrogens is 254 g/mol. The summed E-state index contributed by atoms with van der Waals surface area (Å²) < 4.78 is 3.76. The van der Waals surface area contributed by atoms with Crippen molar-refractivity contribution in [2.75, 3.05) is 5.73 Å². The summed E-state index contributed by atoms with van der Waals surface area (Å²) in [5.41, 5.74) is 9.71. The first-order valence-electron chi connectivity index (χ1n) is 6.56. The van der Waals surface area contributed by atoms with Gasteiger partial charge in [-0.3, -0.25) is 9.25 Å². The van der Waals surface area contributed by atoms with E-state index >= 15 is 0 Å². The average Bonchev–Trinajstić information content (AvgIpc) is 2.88. The summed E-state index contributed by atoms with van der Waals surface area (Å²) in [5.74, 6) is 1.23. The van der Waals surface area contributed by atoms with E-state index in [9.17, 15) is 0 Å². The number of fused-ring (bicyclic) bond motifs is 1. The van der Waals surface area contributed by atoms with Crippen LogP contribution in [0.25, 0.3) is 11.2 Å². The van der Waals surface area contributed by atoms with E-state index in [0.29, 0.717) is 12.5 Å². The van der Waals surface area contributed by atoms with E-state index in [1.807, 2.05) is 29.3 Å². The summed E-state index contributed by atoms with van der Waals surface area (Å²) >= 11 is 0. The van der Waals surface area contributed by atoms with E-state index in [4.69, 9.17) is 5.73 Å². The van der Waals surface area contributed by atoms with Crippen LogP contribution in [0.1, 0.15) is 24.1 Å². The molecule has 7 heteroatoms. The van der Waals surface area contributed by atoms with Gasteiger partial charge in [-0.25, -0.2) is 15.0 Å². The largest absolute Gasteiger partial charge is 0.369 e. The number of rotatable bonds is 3. The van der Waals surface area contributed by atoms with Gasteiger partial charge in [-0.1, -0.05) is 6.92 Å². The topological polar surface area (TPSA) is 87.4 Å². The molecule has 0 atom stereocenters. The number of aromatic nitrogens is 6. The minimum Gasteiger partial charge on any atom is -0.369 e. The fourth-order valence-corrected chi connectivity index (χ4v) is 2.41. The Morgan fingerprint density at radius 3 is 2.80 bits per heavy atom. The zero-order chi connectivity index (χ0) is 14.3. The maximum absolute atomic E-state index is 6.04. The molecule has 0 spiro atoms. The highest BCUT2D eigenvalue weighted by Crippen LogP contribution is 2.22. The molecule has 0 aromatic carbocycles. The standard InChI is InChI=1S/C13H17N7/c1-4-10-11-12(19(3)18-10)20(13(14)17-11)7-9-5-6-15-8(2)16-9/h5-6H,4,7H2,1-3H3,(H2,14,17). The third-order valence-corrected chi connectivity index (χ3v) is 3.31. The molecule has 3 heterocycles. The number of anilines is 1. The molecule has 0 fully saturated rings. The van der Waals surface area contributed by atoms with Gasteiger partial charge in [-0.2, -0.15) is 5.10 Å². The van der Waals surface area contributed by atoms with Crippen molar-refractivity contribution >= 4 is 17.1 Å². The van der Waals surface area contributed by atoms with Gasteiger partial charge in [0.25, 0.3) is 0 Å². The Hall–Kier alpha value is -2.44. The van der Waals surface area contributed by atoms with Gasteiger partial charge in [0.15, 0.2) is 5.65 Å². The van der Waals surface area contributed by atoms with Crippen LogP contribution in [0.4, 0.5) is 5.95 Å². The predicted octanol–water partition coefficient (Wildman–Crippen LogP) is 1.06. The summed E-state index contributed by atoms with van der Waals surface area (Å²) in [5, 5.41) is 4.47. The van der Waals surface area contributed by atoms with Crippen LogP contribution in [0.2, 0.25) is 0 Å². The molecule has 0 aliphatic rings. The first kappa shape index (κ1) is 12.6. The van der Waals surface area contributed by atoms with E-state index in [0.717, 1.165) is 34.8 Å². The molecule has 0 aliphatic heterocycles. The molecule has 2 N–H and O–H groups in total. The summed E-state index contributed by atoms with van der Waals surface area (Å²) in [7, 11) is 1.91. The molecule has 0 amide bonds. The number of imidazole rings is 1. The lowest BCUT2D eigenvalue weighted by molar-refractivity contribution is 0.710. The Bertz CT molecular complexity index is 768. The summed E-state index contributed by atoms with van der Waals surface area (Å²) in [4.78, 5) is 12.9. The predicted molar refractivity (Wildman–Crippen MR) is 76.2 cm³/mol. The van der Waals surface area contributed by atoms with E-state index in [-0.39, 0.29) is 0 Å². The van der Waals surface area contributed by atoms with Gasteiger partial charge in [-0.05, 0) is 19.4 Å². The Balaban J connectivity index is 2.11. The van der Waals surface area contributed by atoms with Crippen molar-refractivity contribution in [3.8, 4) is 0 Å². The highest BCUT2D eigenvalue weighted by Gasteiger charge is 2.17. The SMILES string of the molecule is CCc1nn(C)c2c1nc(N)n2Cc1ccnc(C)n1. The minimum absolute atomic E-state index is 0.485. The van der Waals surface area contributed by atoms with Crippen LogP contribution in [0, 0.1) is 6.92 Å².